The molecule has 1 aromatic rings. The zero-order chi connectivity index (χ0) is 12.8. The van der Waals surface area contributed by atoms with Crippen LogP contribution in [0.1, 0.15) is 19.4 Å². The van der Waals surface area contributed by atoms with Crippen LogP contribution in [0.15, 0.2) is 23.3 Å². The van der Waals surface area contributed by atoms with Crippen molar-refractivity contribution in [1.29, 1.82) is 0 Å². The van der Waals surface area contributed by atoms with Crippen LogP contribution in [0.2, 0.25) is 10.0 Å². The minimum absolute atomic E-state index is 0.477. The zero-order valence-electron chi connectivity index (χ0n) is 9.55. The van der Waals surface area contributed by atoms with Crippen molar-refractivity contribution in [2.75, 3.05) is 6.54 Å². The first-order valence-electron chi connectivity index (χ1n) is 5.08. The Morgan fingerprint density at radius 1 is 1.41 bits per heavy atom. The van der Waals surface area contributed by atoms with Crippen LogP contribution in [0.25, 0.3) is 0 Å². The van der Waals surface area contributed by atoms with E-state index in [1.165, 1.54) is 0 Å². The Balaban J connectivity index is 2.81. The molecule has 0 spiro atoms. The predicted molar refractivity (Wildman–Crippen MR) is 78.1 cm³/mol. The lowest BCUT2D eigenvalue weighted by atomic mass is 10.1. The molecule has 0 aliphatic carbocycles. The second kappa shape index (κ2) is 6.79. The van der Waals surface area contributed by atoms with E-state index in [-0.39, 0.29) is 0 Å². The molecule has 0 aliphatic heterocycles. The van der Waals surface area contributed by atoms with Gasteiger partial charge in [-0.05, 0) is 44.3 Å². The quantitative estimate of drug-likeness (QED) is 0.510. The van der Waals surface area contributed by atoms with Crippen LogP contribution >= 0.6 is 35.4 Å². The highest BCUT2D eigenvalue weighted by molar-refractivity contribution is 7.80. The fourth-order valence-corrected chi connectivity index (χ4v) is 1.79. The number of halogens is 2. The van der Waals surface area contributed by atoms with Gasteiger partial charge in [0.05, 0.1) is 5.71 Å². The molecule has 0 saturated heterocycles. The van der Waals surface area contributed by atoms with Gasteiger partial charge < -0.3 is 5.32 Å². The van der Waals surface area contributed by atoms with Gasteiger partial charge in [0.25, 0.3) is 0 Å². The molecule has 0 amide bonds. The van der Waals surface area contributed by atoms with Gasteiger partial charge in [0.1, 0.15) is 0 Å². The summed E-state index contributed by atoms with van der Waals surface area (Å²) < 4.78 is 0. The number of rotatable bonds is 3. The Kier molecular flexibility index (Phi) is 5.68. The van der Waals surface area contributed by atoms with Gasteiger partial charge >= 0.3 is 0 Å². The minimum Gasteiger partial charge on any atom is -0.362 e. The van der Waals surface area contributed by atoms with Gasteiger partial charge in [0, 0.05) is 22.2 Å². The predicted octanol–water partition coefficient (Wildman–Crippen LogP) is 3.20. The van der Waals surface area contributed by atoms with Gasteiger partial charge in [-0.3, -0.25) is 5.43 Å². The summed E-state index contributed by atoms with van der Waals surface area (Å²) in [6, 6.07) is 5.24. The minimum atomic E-state index is 0.477. The first-order chi connectivity index (χ1) is 8.04. The van der Waals surface area contributed by atoms with Crippen molar-refractivity contribution in [3.05, 3.63) is 33.8 Å². The number of nitrogens with zero attached hydrogens (tertiary/aromatic N) is 1. The molecule has 17 heavy (non-hydrogen) atoms. The summed E-state index contributed by atoms with van der Waals surface area (Å²) in [6.07, 6.45) is 0. The fraction of sp³-hybridized carbons (Fsp3) is 0.273. The van der Waals surface area contributed by atoms with E-state index in [1.54, 1.807) is 18.2 Å². The molecule has 0 bridgehead atoms. The molecule has 3 nitrogen and oxygen atoms in total. The monoisotopic (exact) mass is 289 g/mol. The van der Waals surface area contributed by atoms with Crippen LogP contribution in [0.5, 0.6) is 0 Å². The van der Waals surface area contributed by atoms with E-state index in [0.717, 1.165) is 17.8 Å². The normalized spacial score (nSPS) is 11.2. The van der Waals surface area contributed by atoms with Gasteiger partial charge in [-0.15, -0.1) is 0 Å². The largest absolute Gasteiger partial charge is 0.362 e. The number of thiocarbonyl (C=S) groups is 1. The Labute approximate surface area is 116 Å². The van der Waals surface area contributed by atoms with Crippen molar-refractivity contribution in [2.24, 2.45) is 5.10 Å². The smallest absolute Gasteiger partial charge is 0.186 e. The van der Waals surface area contributed by atoms with Crippen LogP contribution in [-0.4, -0.2) is 17.4 Å². The van der Waals surface area contributed by atoms with Gasteiger partial charge in [-0.25, -0.2) is 0 Å². The standard InChI is InChI=1S/C11H13Cl2N3S/c1-3-14-11(17)16-15-7(2)9-6-8(12)4-5-10(9)13/h4-6H,3H2,1-2H3,(H2,14,16,17). The molecule has 0 fully saturated rings. The molecule has 1 rings (SSSR count). The summed E-state index contributed by atoms with van der Waals surface area (Å²) >= 11 is 16.9. The maximum Gasteiger partial charge on any atom is 0.186 e. The second-order valence-corrected chi connectivity index (χ2v) is 4.54. The number of nitrogens with one attached hydrogen (secondary N) is 2. The third-order valence-electron chi connectivity index (χ3n) is 1.98. The van der Waals surface area contributed by atoms with Crippen molar-refractivity contribution >= 4 is 46.2 Å². The van der Waals surface area contributed by atoms with Gasteiger partial charge in [-0.1, -0.05) is 23.2 Å². The molecule has 0 heterocycles. The average Bonchev–Trinajstić information content (AvgIpc) is 2.29. The molecule has 0 atom stereocenters. The maximum absolute atomic E-state index is 6.05. The lowest BCUT2D eigenvalue weighted by molar-refractivity contribution is 0.901. The summed E-state index contributed by atoms with van der Waals surface area (Å²) in [6.45, 7) is 4.54. The van der Waals surface area contributed by atoms with Crippen molar-refractivity contribution < 1.29 is 0 Å². The third kappa shape index (κ3) is 4.50. The van der Waals surface area contributed by atoms with E-state index in [4.69, 9.17) is 35.4 Å². The van der Waals surface area contributed by atoms with E-state index in [2.05, 4.69) is 15.8 Å². The van der Waals surface area contributed by atoms with Crippen LogP contribution in [0.3, 0.4) is 0 Å². The average molecular weight is 290 g/mol. The summed E-state index contributed by atoms with van der Waals surface area (Å²) in [4.78, 5) is 0. The van der Waals surface area contributed by atoms with Crippen molar-refractivity contribution in [2.45, 2.75) is 13.8 Å². The van der Waals surface area contributed by atoms with Crippen molar-refractivity contribution in [1.82, 2.24) is 10.7 Å². The molecule has 2 N–H and O–H groups in total. The fourth-order valence-electron chi connectivity index (χ4n) is 1.17. The van der Waals surface area contributed by atoms with Gasteiger partial charge in [0.15, 0.2) is 5.11 Å². The van der Waals surface area contributed by atoms with Crippen LogP contribution in [-0.2, 0) is 0 Å². The number of hydrazone groups is 1. The van der Waals surface area contributed by atoms with E-state index in [1.807, 2.05) is 13.8 Å². The Morgan fingerprint density at radius 2 is 2.12 bits per heavy atom. The SMILES string of the molecule is CCNC(=S)NN=C(C)c1cc(Cl)ccc1Cl. The lowest BCUT2D eigenvalue weighted by Gasteiger charge is -2.07. The van der Waals surface area contributed by atoms with E-state index in [0.29, 0.717) is 15.2 Å². The molecule has 0 aromatic heterocycles. The zero-order valence-corrected chi connectivity index (χ0v) is 11.9. The molecular weight excluding hydrogens is 277 g/mol. The van der Waals surface area contributed by atoms with Crippen molar-refractivity contribution in [3.63, 3.8) is 0 Å². The number of hydrogen-bond donors (Lipinski definition) is 2. The van der Waals surface area contributed by atoms with Crippen LogP contribution in [0, 0.1) is 0 Å². The number of benzene rings is 1. The number of hydrogen-bond acceptors (Lipinski definition) is 2. The first-order valence-corrected chi connectivity index (χ1v) is 6.24. The Hall–Kier alpha value is -0.840. The van der Waals surface area contributed by atoms with E-state index >= 15 is 0 Å². The van der Waals surface area contributed by atoms with E-state index < -0.39 is 0 Å². The van der Waals surface area contributed by atoms with E-state index in [9.17, 15) is 0 Å². The van der Waals surface area contributed by atoms with Crippen LogP contribution in [0.4, 0.5) is 0 Å². The van der Waals surface area contributed by atoms with Gasteiger partial charge in [0.2, 0.25) is 0 Å². The highest BCUT2D eigenvalue weighted by Crippen LogP contribution is 2.21. The first kappa shape index (κ1) is 14.2. The second-order valence-electron chi connectivity index (χ2n) is 3.29. The Bertz CT molecular complexity index is 446. The molecule has 92 valence electrons. The highest BCUT2D eigenvalue weighted by Gasteiger charge is 2.04. The molecule has 0 unspecified atom stereocenters. The van der Waals surface area contributed by atoms with Crippen LogP contribution < -0.4 is 10.7 Å². The topological polar surface area (TPSA) is 36.4 Å². The summed E-state index contributed by atoms with van der Waals surface area (Å²) in [5.41, 5.74) is 4.24. The lowest BCUT2D eigenvalue weighted by Crippen LogP contribution is -2.32. The highest BCUT2D eigenvalue weighted by atomic mass is 35.5. The molecule has 6 heteroatoms. The summed E-state index contributed by atoms with van der Waals surface area (Å²) in [5.74, 6) is 0. The molecule has 0 radical (unpaired) electrons. The third-order valence-corrected chi connectivity index (χ3v) is 2.78. The molecular formula is C11H13Cl2N3S. The van der Waals surface area contributed by atoms with Crippen molar-refractivity contribution in [3.8, 4) is 0 Å². The summed E-state index contributed by atoms with van der Waals surface area (Å²) in [5, 5.41) is 8.77. The summed E-state index contributed by atoms with van der Waals surface area (Å²) in [7, 11) is 0. The molecule has 0 saturated carbocycles. The molecule has 1 aromatic carbocycles. The maximum atomic E-state index is 6.05. The Morgan fingerprint density at radius 3 is 2.76 bits per heavy atom. The van der Waals surface area contributed by atoms with Gasteiger partial charge in [-0.2, -0.15) is 5.10 Å². The molecule has 0 aliphatic rings.